The smallest absolute Gasteiger partial charge is 0.276 e. The average molecular weight is 349 g/mol. The van der Waals surface area contributed by atoms with Gasteiger partial charge in [-0.3, -0.25) is 4.79 Å². The Morgan fingerprint density at radius 2 is 1.84 bits per heavy atom. The molecule has 0 aliphatic heterocycles. The van der Waals surface area contributed by atoms with Crippen LogP contribution in [0.2, 0.25) is 0 Å². The minimum atomic E-state index is -0.0993. The number of benzene rings is 2. The summed E-state index contributed by atoms with van der Waals surface area (Å²) in [5.41, 5.74) is 1.72. The van der Waals surface area contributed by atoms with Crippen molar-refractivity contribution in [1.29, 1.82) is 0 Å². The third-order valence-electron chi connectivity index (χ3n) is 3.77. The number of ether oxygens (including phenoxy) is 1. The Hall–Kier alpha value is -2.99. The normalized spacial score (nSPS) is 12.0. The third kappa shape index (κ3) is 2.92. The second-order valence-corrected chi connectivity index (χ2v) is 6.43. The lowest BCUT2D eigenvalue weighted by molar-refractivity contribution is 0.340. The first kappa shape index (κ1) is 15.5. The molecule has 6 heteroatoms. The molecule has 2 aromatic heterocycles. The van der Waals surface area contributed by atoms with Gasteiger partial charge < -0.3 is 4.74 Å². The highest BCUT2D eigenvalue weighted by Gasteiger charge is 2.13. The number of aromatic nitrogens is 3. The van der Waals surface area contributed by atoms with E-state index in [1.807, 2.05) is 67.6 Å². The molecule has 0 spiro atoms. The Bertz CT molecular complexity index is 1120. The molecule has 124 valence electrons. The van der Waals surface area contributed by atoms with E-state index in [-0.39, 0.29) is 5.56 Å². The predicted molar refractivity (Wildman–Crippen MR) is 99.0 cm³/mol. The second-order valence-electron chi connectivity index (χ2n) is 5.43. The highest BCUT2D eigenvalue weighted by Crippen LogP contribution is 2.17. The highest BCUT2D eigenvalue weighted by atomic mass is 32.1. The van der Waals surface area contributed by atoms with Gasteiger partial charge in [-0.25, -0.2) is 4.40 Å². The molecule has 0 amide bonds. The van der Waals surface area contributed by atoms with Crippen LogP contribution in [-0.2, 0) is 0 Å². The fourth-order valence-electron chi connectivity index (χ4n) is 2.62. The molecule has 0 bridgehead atoms. The number of rotatable bonds is 4. The van der Waals surface area contributed by atoms with E-state index < -0.39 is 0 Å². The van der Waals surface area contributed by atoms with Gasteiger partial charge in [0.05, 0.1) is 11.1 Å². The Morgan fingerprint density at radius 1 is 1.08 bits per heavy atom. The molecule has 4 aromatic rings. The maximum Gasteiger partial charge on any atom is 0.276 e. The summed E-state index contributed by atoms with van der Waals surface area (Å²) in [4.78, 5) is 13.4. The molecule has 0 aliphatic rings. The summed E-state index contributed by atoms with van der Waals surface area (Å²) in [5, 5.41) is 8.31. The first-order valence-corrected chi connectivity index (χ1v) is 8.76. The van der Waals surface area contributed by atoms with Crippen LogP contribution in [0.3, 0.4) is 0 Å². The molecule has 25 heavy (non-hydrogen) atoms. The quantitative estimate of drug-likeness (QED) is 0.568. The molecule has 0 aliphatic carbocycles. The molecule has 0 fully saturated rings. The van der Waals surface area contributed by atoms with Crippen molar-refractivity contribution in [1.82, 2.24) is 14.6 Å². The van der Waals surface area contributed by atoms with Crippen molar-refractivity contribution in [3.63, 3.8) is 0 Å². The number of thiazole rings is 1. The molecular formula is C19H15N3O2S. The lowest BCUT2D eigenvalue weighted by Gasteiger charge is -2.01. The average Bonchev–Trinajstić information content (AvgIpc) is 3.19. The van der Waals surface area contributed by atoms with Gasteiger partial charge in [-0.2, -0.15) is 0 Å². The van der Waals surface area contributed by atoms with Crippen molar-refractivity contribution in [3.05, 3.63) is 75.0 Å². The van der Waals surface area contributed by atoms with Gasteiger partial charge in [0.1, 0.15) is 5.75 Å². The van der Waals surface area contributed by atoms with E-state index in [2.05, 4.69) is 10.2 Å². The molecule has 5 nitrogen and oxygen atoms in total. The molecule has 0 saturated carbocycles. The lowest BCUT2D eigenvalue weighted by Crippen LogP contribution is -2.23. The third-order valence-corrected chi connectivity index (χ3v) is 4.73. The van der Waals surface area contributed by atoms with Gasteiger partial charge in [0.2, 0.25) is 4.96 Å². The van der Waals surface area contributed by atoms with Crippen LogP contribution in [0.15, 0.2) is 59.4 Å². The number of nitrogens with zero attached hydrogens (tertiary/aromatic N) is 3. The highest BCUT2D eigenvalue weighted by molar-refractivity contribution is 7.15. The summed E-state index contributed by atoms with van der Waals surface area (Å²) in [5.74, 6) is 1.39. The second kappa shape index (κ2) is 6.49. The van der Waals surface area contributed by atoms with Gasteiger partial charge in [-0.15, -0.1) is 10.2 Å². The fourth-order valence-corrected chi connectivity index (χ4v) is 3.53. The summed E-state index contributed by atoms with van der Waals surface area (Å²) in [6.07, 6.45) is 1.87. The van der Waals surface area contributed by atoms with Crippen molar-refractivity contribution in [2.45, 2.75) is 6.92 Å². The molecule has 4 rings (SSSR count). The van der Waals surface area contributed by atoms with E-state index in [1.165, 1.54) is 11.3 Å². The molecular weight excluding hydrogens is 334 g/mol. The SMILES string of the molecule is CCOc1ccc(/C=c2\sc3nnc(-c4ccccc4)n3c2=O)cc1. The molecule has 0 unspecified atom stereocenters. The van der Waals surface area contributed by atoms with Crippen LogP contribution in [-0.4, -0.2) is 21.2 Å². The monoisotopic (exact) mass is 349 g/mol. The number of fused-ring (bicyclic) bond motifs is 1. The van der Waals surface area contributed by atoms with Crippen LogP contribution in [0.5, 0.6) is 5.75 Å². The van der Waals surface area contributed by atoms with Crippen molar-refractivity contribution >= 4 is 22.4 Å². The van der Waals surface area contributed by atoms with E-state index in [4.69, 9.17) is 4.74 Å². The van der Waals surface area contributed by atoms with Gasteiger partial charge in [-0.05, 0) is 30.7 Å². The maximum atomic E-state index is 12.8. The largest absolute Gasteiger partial charge is 0.494 e. The molecule has 0 radical (unpaired) electrons. The fraction of sp³-hybridized carbons (Fsp3) is 0.105. The minimum Gasteiger partial charge on any atom is -0.494 e. The Labute approximate surface area is 147 Å². The zero-order chi connectivity index (χ0) is 17.2. The first-order valence-electron chi connectivity index (χ1n) is 7.94. The predicted octanol–water partition coefficient (Wildman–Crippen LogP) is 2.76. The zero-order valence-corrected chi connectivity index (χ0v) is 14.4. The maximum absolute atomic E-state index is 12.8. The number of hydrogen-bond acceptors (Lipinski definition) is 5. The zero-order valence-electron chi connectivity index (χ0n) is 13.5. The molecule has 0 atom stereocenters. The van der Waals surface area contributed by atoms with Gasteiger partial charge in [0.15, 0.2) is 5.82 Å². The topological polar surface area (TPSA) is 56.5 Å². The minimum absolute atomic E-state index is 0.0993. The summed E-state index contributed by atoms with van der Waals surface area (Å²) in [7, 11) is 0. The van der Waals surface area contributed by atoms with Crippen LogP contribution >= 0.6 is 11.3 Å². The van der Waals surface area contributed by atoms with Crippen molar-refractivity contribution < 1.29 is 4.74 Å². The van der Waals surface area contributed by atoms with E-state index in [0.717, 1.165) is 16.9 Å². The first-order chi connectivity index (χ1) is 12.3. The molecule has 0 saturated heterocycles. The summed E-state index contributed by atoms with van der Waals surface area (Å²) >= 11 is 1.34. The van der Waals surface area contributed by atoms with Crippen LogP contribution in [0, 0.1) is 0 Å². The Morgan fingerprint density at radius 3 is 2.56 bits per heavy atom. The molecule has 2 heterocycles. The van der Waals surface area contributed by atoms with Crippen molar-refractivity contribution in [2.75, 3.05) is 6.61 Å². The standard InChI is InChI=1S/C19H15N3O2S/c1-2-24-15-10-8-13(9-11-15)12-16-18(23)22-17(20-21-19(22)25-16)14-6-4-3-5-7-14/h3-12H,2H2,1H3/b16-12-. The van der Waals surface area contributed by atoms with Gasteiger partial charge in [-0.1, -0.05) is 53.8 Å². The van der Waals surface area contributed by atoms with Gasteiger partial charge >= 0.3 is 0 Å². The lowest BCUT2D eigenvalue weighted by atomic mass is 10.2. The van der Waals surface area contributed by atoms with Crippen LogP contribution < -0.4 is 14.8 Å². The van der Waals surface area contributed by atoms with E-state index in [1.54, 1.807) is 4.40 Å². The van der Waals surface area contributed by atoms with Crippen molar-refractivity contribution in [2.24, 2.45) is 0 Å². The summed E-state index contributed by atoms with van der Waals surface area (Å²) < 4.78 is 7.64. The van der Waals surface area contributed by atoms with Crippen LogP contribution in [0.1, 0.15) is 12.5 Å². The van der Waals surface area contributed by atoms with Crippen LogP contribution in [0.4, 0.5) is 0 Å². The van der Waals surface area contributed by atoms with Crippen LogP contribution in [0.25, 0.3) is 22.4 Å². The summed E-state index contributed by atoms with van der Waals surface area (Å²) in [6, 6.07) is 17.3. The van der Waals surface area contributed by atoms with E-state index in [0.29, 0.717) is 21.9 Å². The van der Waals surface area contributed by atoms with Crippen molar-refractivity contribution in [3.8, 4) is 17.1 Å². The van der Waals surface area contributed by atoms with Gasteiger partial charge in [0.25, 0.3) is 5.56 Å². The summed E-state index contributed by atoms with van der Waals surface area (Å²) in [6.45, 7) is 2.58. The van der Waals surface area contributed by atoms with E-state index >= 15 is 0 Å². The molecule has 2 aromatic carbocycles. The van der Waals surface area contributed by atoms with Gasteiger partial charge in [0, 0.05) is 5.56 Å². The number of hydrogen-bond donors (Lipinski definition) is 0. The Balaban J connectivity index is 1.80. The Kier molecular flexibility index (Phi) is 4.03. The van der Waals surface area contributed by atoms with E-state index in [9.17, 15) is 4.79 Å². The molecule has 0 N–H and O–H groups in total.